The van der Waals surface area contributed by atoms with Crippen molar-refractivity contribution in [2.24, 2.45) is 0 Å². The van der Waals surface area contributed by atoms with E-state index in [1.165, 1.54) is 5.56 Å². The highest BCUT2D eigenvalue weighted by molar-refractivity contribution is 6.06. The second kappa shape index (κ2) is 7.13. The predicted octanol–water partition coefficient (Wildman–Crippen LogP) is 4.39. The van der Waals surface area contributed by atoms with Crippen molar-refractivity contribution in [1.29, 1.82) is 0 Å². The molecule has 2 aromatic carbocycles. The number of para-hydroxylation sites is 1. The maximum absolute atomic E-state index is 12.7. The van der Waals surface area contributed by atoms with Crippen molar-refractivity contribution in [2.45, 2.75) is 26.7 Å². The number of anilines is 1. The maximum Gasteiger partial charge on any atom is 0.261 e. The van der Waals surface area contributed by atoms with E-state index < -0.39 is 0 Å². The Morgan fingerprint density at radius 3 is 2.54 bits per heavy atom. The van der Waals surface area contributed by atoms with Crippen molar-refractivity contribution in [2.75, 3.05) is 5.32 Å². The highest BCUT2D eigenvalue weighted by atomic mass is 16.5. The Balaban J connectivity index is 1.85. The molecule has 0 atom stereocenters. The summed E-state index contributed by atoms with van der Waals surface area (Å²) in [4.78, 5) is 12.7. The van der Waals surface area contributed by atoms with Gasteiger partial charge in [-0.3, -0.25) is 4.79 Å². The van der Waals surface area contributed by atoms with Gasteiger partial charge in [0.2, 0.25) is 0 Å². The molecule has 0 saturated heterocycles. The van der Waals surface area contributed by atoms with Gasteiger partial charge in [-0.1, -0.05) is 60.6 Å². The fourth-order valence-electron chi connectivity index (χ4n) is 2.75. The molecule has 0 spiro atoms. The summed E-state index contributed by atoms with van der Waals surface area (Å²) >= 11 is 0. The quantitative estimate of drug-likeness (QED) is 0.758. The van der Waals surface area contributed by atoms with Gasteiger partial charge in [0.15, 0.2) is 0 Å². The number of benzene rings is 2. The van der Waals surface area contributed by atoms with E-state index in [0.717, 1.165) is 17.7 Å². The van der Waals surface area contributed by atoms with Crippen LogP contribution in [-0.2, 0) is 12.8 Å². The Labute approximate surface area is 141 Å². The van der Waals surface area contributed by atoms with E-state index in [-0.39, 0.29) is 5.91 Å². The minimum Gasteiger partial charge on any atom is -0.361 e. The minimum absolute atomic E-state index is 0.175. The van der Waals surface area contributed by atoms with Crippen LogP contribution in [0.5, 0.6) is 0 Å². The molecule has 0 unspecified atom stereocenters. The van der Waals surface area contributed by atoms with Crippen LogP contribution in [0, 0.1) is 6.92 Å². The van der Waals surface area contributed by atoms with Gasteiger partial charge in [0.25, 0.3) is 5.91 Å². The van der Waals surface area contributed by atoms with Gasteiger partial charge in [-0.15, -0.1) is 0 Å². The van der Waals surface area contributed by atoms with Gasteiger partial charge in [0, 0.05) is 5.69 Å². The average molecular weight is 320 g/mol. The third kappa shape index (κ3) is 3.38. The van der Waals surface area contributed by atoms with Gasteiger partial charge in [-0.05, 0) is 37.0 Å². The number of rotatable bonds is 5. The standard InChI is InChI=1S/C20H20N2O2/c1-3-17-19(14(2)24-22-17)20(23)21-18-12-8-7-11-16(18)13-15-9-5-4-6-10-15/h4-12H,3,13H2,1-2H3,(H,21,23). The lowest BCUT2D eigenvalue weighted by Gasteiger charge is -2.11. The Morgan fingerprint density at radius 2 is 1.79 bits per heavy atom. The molecule has 1 N–H and O–H groups in total. The molecule has 0 aliphatic heterocycles. The van der Waals surface area contributed by atoms with Gasteiger partial charge < -0.3 is 9.84 Å². The number of nitrogens with zero attached hydrogens (tertiary/aromatic N) is 1. The minimum atomic E-state index is -0.175. The zero-order valence-corrected chi connectivity index (χ0v) is 13.9. The number of carbonyl (C=O) groups excluding carboxylic acids is 1. The molecule has 122 valence electrons. The molecule has 1 aromatic heterocycles. The number of carbonyl (C=O) groups is 1. The van der Waals surface area contributed by atoms with Gasteiger partial charge >= 0.3 is 0 Å². The highest BCUT2D eigenvalue weighted by Gasteiger charge is 2.19. The topological polar surface area (TPSA) is 55.1 Å². The molecular formula is C20H20N2O2. The van der Waals surface area contributed by atoms with Crippen LogP contribution in [0.2, 0.25) is 0 Å². The van der Waals surface area contributed by atoms with E-state index in [0.29, 0.717) is 23.4 Å². The first kappa shape index (κ1) is 16.0. The number of aromatic nitrogens is 1. The van der Waals surface area contributed by atoms with E-state index in [9.17, 15) is 4.79 Å². The van der Waals surface area contributed by atoms with E-state index in [1.54, 1.807) is 6.92 Å². The van der Waals surface area contributed by atoms with Gasteiger partial charge in [-0.25, -0.2) is 0 Å². The largest absolute Gasteiger partial charge is 0.361 e. The summed E-state index contributed by atoms with van der Waals surface area (Å²) < 4.78 is 5.16. The van der Waals surface area contributed by atoms with Crippen LogP contribution in [0.1, 0.15) is 39.9 Å². The smallest absolute Gasteiger partial charge is 0.261 e. The molecular weight excluding hydrogens is 300 g/mol. The lowest BCUT2D eigenvalue weighted by atomic mass is 10.0. The third-order valence-corrected chi connectivity index (χ3v) is 4.00. The van der Waals surface area contributed by atoms with Gasteiger partial charge in [0.1, 0.15) is 11.3 Å². The van der Waals surface area contributed by atoms with Crippen molar-refractivity contribution in [3.8, 4) is 0 Å². The first-order valence-electron chi connectivity index (χ1n) is 8.07. The number of aryl methyl sites for hydroxylation is 2. The zero-order chi connectivity index (χ0) is 16.9. The number of hydrogen-bond donors (Lipinski definition) is 1. The second-order valence-electron chi connectivity index (χ2n) is 5.69. The molecule has 4 heteroatoms. The van der Waals surface area contributed by atoms with Crippen molar-refractivity contribution in [1.82, 2.24) is 5.16 Å². The summed E-state index contributed by atoms with van der Waals surface area (Å²) in [5.41, 5.74) is 4.31. The normalized spacial score (nSPS) is 10.6. The summed E-state index contributed by atoms with van der Waals surface area (Å²) in [6.45, 7) is 3.72. The molecule has 3 rings (SSSR count). The van der Waals surface area contributed by atoms with Crippen LogP contribution in [0.3, 0.4) is 0 Å². The average Bonchev–Trinajstić information content (AvgIpc) is 2.98. The fourth-order valence-corrected chi connectivity index (χ4v) is 2.75. The van der Waals surface area contributed by atoms with E-state index >= 15 is 0 Å². The first-order valence-corrected chi connectivity index (χ1v) is 8.07. The Kier molecular flexibility index (Phi) is 4.75. The summed E-state index contributed by atoms with van der Waals surface area (Å²) in [5.74, 6) is 0.371. The maximum atomic E-state index is 12.7. The van der Waals surface area contributed by atoms with Crippen molar-refractivity contribution in [3.05, 3.63) is 82.7 Å². The molecule has 0 radical (unpaired) electrons. The van der Waals surface area contributed by atoms with Crippen LogP contribution < -0.4 is 5.32 Å². The monoisotopic (exact) mass is 320 g/mol. The van der Waals surface area contributed by atoms with Crippen LogP contribution in [0.4, 0.5) is 5.69 Å². The van der Waals surface area contributed by atoms with Gasteiger partial charge in [-0.2, -0.15) is 0 Å². The Hall–Kier alpha value is -2.88. The molecule has 0 aliphatic carbocycles. The van der Waals surface area contributed by atoms with Crippen LogP contribution >= 0.6 is 0 Å². The molecule has 1 amide bonds. The lowest BCUT2D eigenvalue weighted by Crippen LogP contribution is -2.15. The van der Waals surface area contributed by atoms with Crippen LogP contribution in [0.25, 0.3) is 0 Å². The molecule has 3 aromatic rings. The second-order valence-corrected chi connectivity index (χ2v) is 5.69. The molecule has 0 saturated carbocycles. The number of amides is 1. The van der Waals surface area contributed by atoms with Crippen LogP contribution in [0.15, 0.2) is 59.1 Å². The Bertz CT molecular complexity index is 838. The summed E-state index contributed by atoms with van der Waals surface area (Å²) in [6.07, 6.45) is 1.42. The molecule has 0 bridgehead atoms. The van der Waals surface area contributed by atoms with Crippen molar-refractivity contribution >= 4 is 11.6 Å². The van der Waals surface area contributed by atoms with Crippen molar-refractivity contribution in [3.63, 3.8) is 0 Å². The van der Waals surface area contributed by atoms with Crippen molar-refractivity contribution < 1.29 is 9.32 Å². The first-order chi connectivity index (χ1) is 11.7. The fraction of sp³-hybridized carbons (Fsp3) is 0.200. The molecule has 1 heterocycles. The summed E-state index contributed by atoms with van der Waals surface area (Å²) in [5, 5.41) is 6.96. The SMILES string of the molecule is CCc1noc(C)c1C(=O)Nc1ccccc1Cc1ccccc1. The van der Waals surface area contributed by atoms with Crippen LogP contribution in [-0.4, -0.2) is 11.1 Å². The van der Waals surface area contributed by atoms with E-state index in [1.807, 2.05) is 49.4 Å². The molecule has 24 heavy (non-hydrogen) atoms. The predicted molar refractivity (Wildman–Crippen MR) is 94.3 cm³/mol. The molecule has 0 fully saturated rings. The molecule has 0 aliphatic rings. The summed E-state index contributed by atoms with van der Waals surface area (Å²) in [7, 11) is 0. The summed E-state index contributed by atoms with van der Waals surface area (Å²) in [6, 6.07) is 18.1. The van der Waals surface area contributed by atoms with Gasteiger partial charge in [0.05, 0.1) is 5.69 Å². The number of nitrogens with one attached hydrogen (secondary N) is 1. The number of hydrogen-bond acceptors (Lipinski definition) is 3. The zero-order valence-electron chi connectivity index (χ0n) is 13.9. The Morgan fingerprint density at radius 1 is 1.08 bits per heavy atom. The highest BCUT2D eigenvalue weighted by Crippen LogP contribution is 2.22. The van der Waals surface area contributed by atoms with E-state index in [2.05, 4.69) is 22.6 Å². The third-order valence-electron chi connectivity index (χ3n) is 4.00. The van der Waals surface area contributed by atoms with E-state index in [4.69, 9.17) is 4.52 Å². The lowest BCUT2D eigenvalue weighted by molar-refractivity contribution is 0.102. The molecule has 4 nitrogen and oxygen atoms in total.